The number of nitrogens with one attached hydrogen (secondary N) is 1. The SMILES string of the molecule is CCCSc1nc(Cl)c(N)c(N[C@@H]2C[C@H](O)[C@@H](O)[C@H]2O)n1. The van der Waals surface area contributed by atoms with Gasteiger partial charge in [-0.15, -0.1) is 0 Å². The molecule has 1 aliphatic carbocycles. The number of anilines is 2. The maximum Gasteiger partial charge on any atom is 0.191 e. The zero-order valence-electron chi connectivity index (χ0n) is 11.5. The third-order valence-electron chi connectivity index (χ3n) is 3.29. The summed E-state index contributed by atoms with van der Waals surface area (Å²) >= 11 is 7.44. The van der Waals surface area contributed by atoms with Crippen molar-refractivity contribution in [3.63, 3.8) is 0 Å². The first-order valence-electron chi connectivity index (χ1n) is 6.70. The summed E-state index contributed by atoms with van der Waals surface area (Å²) in [6.07, 6.45) is -2.10. The molecule has 1 aromatic heterocycles. The molecule has 1 aromatic rings. The number of nitrogen functional groups attached to an aromatic ring is 1. The monoisotopic (exact) mass is 334 g/mol. The Balaban J connectivity index is 2.17. The van der Waals surface area contributed by atoms with Crippen LogP contribution in [0.25, 0.3) is 0 Å². The number of hydrogen-bond donors (Lipinski definition) is 5. The molecular weight excluding hydrogens is 316 g/mol. The van der Waals surface area contributed by atoms with E-state index in [4.69, 9.17) is 17.3 Å². The first kappa shape index (κ1) is 16.6. The van der Waals surface area contributed by atoms with Gasteiger partial charge in [0.05, 0.1) is 12.1 Å². The first-order chi connectivity index (χ1) is 9.93. The van der Waals surface area contributed by atoms with Gasteiger partial charge >= 0.3 is 0 Å². The molecule has 9 heteroatoms. The Morgan fingerprint density at radius 1 is 1.33 bits per heavy atom. The molecule has 0 amide bonds. The summed E-state index contributed by atoms with van der Waals surface area (Å²) in [4.78, 5) is 8.36. The number of hydrogen-bond acceptors (Lipinski definition) is 8. The summed E-state index contributed by atoms with van der Waals surface area (Å²) < 4.78 is 0. The standard InChI is InChI=1S/C12H19ClN4O3S/c1-2-3-21-12-16-10(13)7(14)11(17-12)15-5-4-6(18)9(20)8(5)19/h5-6,8-9,18-20H,2-4,14H2,1H3,(H,15,16,17)/t5-,6+,8+,9-/m1/s1. The molecule has 0 unspecified atom stereocenters. The van der Waals surface area contributed by atoms with Gasteiger partial charge in [0, 0.05) is 5.75 Å². The third kappa shape index (κ3) is 3.70. The minimum absolute atomic E-state index is 0.139. The molecule has 6 N–H and O–H groups in total. The van der Waals surface area contributed by atoms with Crippen molar-refractivity contribution in [2.24, 2.45) is 0 Å². The molecule has 0 radical (unpaired) electrons. The molecular formula is C12H19ClN4O3S. The minimum Gasteiger partial charge on any atom is -0.393 e. The third-order valence-corrected chi connectivity index (χ3v) is 4.63. The highest BCUT2D eigenvalue weighted by Crippen LogP contribution is 2.30. The maximum absolute atomic E-state index is 9.87. The van der Waals surface area contributed by atoms with Gasteiger partial charge in [0.1, 0.15) is 17.9 Å². The second-order valence-corrected chi connectivity index (χ2v) is 6.36. The lowest BCUT2D eigenvalue weighted by molar-refractivity contribution is -0.0196. The number of aliphatic hydroxyl groups excluding tert-OH is 3. The van der Waals surface area contributed by atoms with Gasteiger partial charge in [0.25, 0.3) is 0 Å². The predicted molar refractivity (Wildman–Crippen MR) is 82.5 cm³/mol. The number of rotatable bonds is 5. The second-order valence-electron chi connectivity index (χ2n) is 4.94. The lowest BCUT2D eigenvalue weighted by atomic mass is 10.2. The fraction of sp³-hybridized carbons (Fsp3) is 0.667. The molecule has 1 heterocycles. The van der Waals surface area contributed by atoms with E-state index < -0.39 is 24.4 Å². The van der Waals surface area contributed by atoms with Gasteiger partial charge < -0.3 is 26.4 Å². The van der Waals surface area contributed by atoms with Crippen molar-refractivity contribution < 1.29 is 15.3 Å². The molecule has 118 valence electrons. The highest BCUT2D eigenvalue weighted by Gasteiger charge is 2.41. The smallest absolute Gasteiger partial charge is 0.191 e. The van der Waals surface area contributed by atoms with Crippen LogP contribution in [0, 0.1) is 0 Å². The van der Waals surface area contributed by atoms with Crippen LogP contribution in [0.4, 0.5) is 11.5 Å². The van der Waals surface area contributed by atoms with Crippen LogP contribution in [0.3, 0.4) is 0 Å². The van der Waals surface area contributed by atoms with Crippen LogP contribution in [-0.2, 0) is 0 Å². The van der Waals surface area contributed by atoms with Crippen LogP contribution in [0.1, 0.15) is 19.8 Å². The lowest BCUT2D eigenvalue weighted by Crippen LogP contribution is -2.36. The summed E-state index contributed by atoms with van der Waals surface area (Å²) in [5.74, 6) is 1.15. The molecule has 0 aromatic carbocycles. The van der Waals surface area contributed by atoms with Crippen molar-refractivity contribution in [2.75, 3.05) is 16.8 Å². The van der Waals surface area contributed by atoms with E-state index in [1.165, 1.54) is 11.8 Å². The second kappa shape index (κ2) is 6.97. The van der Waals surface area contributed by atoms with Crippen molar-refractivity contribution >= 4 is 34.9 Å². The van der Waals surface area contributed by atoms with E-state index in [9.17, 15) is 15.3 Å². The average Bonchev–Trinajstić information content (AvgIpc) is 2.69. The molecule has 4 atom stereocenters. The zero-order chi connectivity index (χ0) is 15.6. The number of thioether (sulfide) groups is 1. The lowest BCUT2D eigenvalue weighted by Gasteiger charge is -2.19. The molecule has 1 saturated carbocycles. The molecule has 7 nitrogen and oxygen atoms in total. The van der Waals surface area contributed by atoms with Crippen molar-refractivity contribution in [3.05, 3.63) is 5.15 Å². The molecule has 2 rings (SSSR count). The molecule has 0 bridgehead atoms. The highest BCUT2D eigenvalue weighted by atomic mass is 35.5. The largest absolute Gasteiger partial charge is 0.393 e. The van der Waals surface area contributed by atoms with E-state index >= 15 is 0 Å². The first-order valence-corrected chi connectivity index (χ1v) is 8.07. The molecule has 1 aliphatic rings. The highest BCUT2D eigenvalue weighted by molar-refractivity contribution is 7.99. The molecule has 0 spiro atoms. The van der Waals surface area contributed by atoms with Gasteiger partial charge in [0.15, 0.2) is 16.1 Å². The normalized spacial score (nSPS) is 28.8. The van der Waals surface area contributed by atoms with E-state index in [-0.39, 0.29) is 17.3 Å². The topological polar surface area (TPSA) is 125 Å². The molecule has 0 aliphatic heterocycles. The summed E-state index contributed by atoms with van der Waals surface area (Å²) in [5.41, 5.74) is 6.02. The number of aromatic nitrogens is 2. The Bertz CT molecular complexity index is 508. The van der Waals surface area contributed by atoms with Crippen molar-refractivity contribution in [1.29, 1.82) is 0 Å². The van der Waals surface area contributed by atoms with E-state index in [0.29, 0.717) is 11.0 Å². The Kier molecular flexibility index (Phi) is 5.50. The van der Waals surface area contributed by atoms with Crippen molar-refractivity contribution in [1.82, 2.24) is 9.97 Å². The Morgan fingerprint density at radius 2 is 2.05 bits per heavy atom. The molecule has 0 saturated heterocycles. The van der Waals surface area contributed by atoms with Gasteiger partial charge in [-0.2, -0.15) is 0 Å². The van der Waals surface area contributed by atoms with Gasteiger partial charge in [-0.05, 0) is 12.8 Å². The van der Waals surface area contributed by atoms with Gasteiger partial charge in [-0.1, -0.05) is 30.3 Å². The van der Waals surface area contributed by atoms with E-state index in [1.54, 1.807) is 0 Å². The van der Waals surface area contributed by atoms with Crippen LogP contribution in [0.15, 0.2) is 5.16 Å². The van der Waals surface area contributed by atoms with E-state index in [1.807, 2.05) is 6.92 Å². The number of nitrogens with two attached hydrogens (primary N) is 1. The van der Waals surface area contributed by atoms with Crippen molar-refractivity contribution in [3.8, 4) is 0 Å². The summed E-state index contributed by atoms with van der Waals surface area (Å²) in [6, 6.07) is -0.549. The average molecular weight is 335 g/mol. The Hall–Kier alpha value is -0.800. The number of halogens is 1. The number of nitrogens with zero attached hydrogens (tertiary/aromatic N) is 2. The predicted octanol–water partition coefficient (Wildman–Crippen LogP) is 0.481. The van der Waals surface area contributed by atoms with Gasteiger partial charge in [-0.3, -0.25) is 0 Å². The fourth-order valence-electron chi connectivity index (χ4n) is 2.12. The van der Waals surface area contributed by atoms with Crippen LogP contribution in [-0.4, -0.2) is 55.4 Å². The maximum atomic E-state index is 9.87. The van der Waals surface area contributed by atoms with Crippen molar-refractivity contribution in [2.45, 2.75) is 49.3 Å². The summed E-state index contributed by atoms with van der Waals surface area (Å²) in [7, 11) is 0. The van der Waals surface area contributed by atoms with Crippen LogP contribution < -0.4 is 11.1 Å². The van der Waals surface area contributed by atoms with Crippen LogP contribution in [0.5, 0.6) is 0 Å². The summed E-state index contributed by atoms with van der Waals surface area (Å²) in [5, 5.41) is 32.6. The minimum atomic E-state index is -1.19. The van der Waals surface area contributed by atoms with Gasteiger partial charge in [0.2, 0.25) is 0 Å². The van der Waals surface area contributed by atoms with Crippen LogP contribution >= 0.6 is 23.4 Å². The Morgan fingerprint density at radius 3 is 2.62 bits per heavy atom. The van der Waals surface area contributed by atoms with E-state index in [0.717, 1.165) is 12.2 Å². The molecule has 21 heavy (non-hydrogen) atoms. The summed E-state index contributed by atoms with van der Waals surface area (Å²) in [6.45, 7) is 2.04. The molecule has 1 fully saturated rings. The Labute approximate surface area is 131 Å². The van der Waals surface area contributed by atoms with Crippen LogP contribution in [0.2, 0.25) is 5.15 Å². The van der Waals surface area contributed by atoms with Gasteiger partial charge in [-0.25, -0.2) is 9.97 Å². The quantitative estimate of drug-likeness (QED) is 0.299. The van der Waals surface area contributed by atoms with E-state index in [2.05, 4.69) is 15.3 Å². The number of aliphatic hydroxyl groups is 3. The zero-order valence-corrected chi connectivity index (χ0v) is 13.1. The fourth-order valence-corrected chi connectivity index (χ4v) is 3.03.